The number of hydrogen-bond donors (Lipinski definition) is 0. The maximum absolute atomic E-state index is 11.0. The molecule has 0 radical (unpaired) electrons. The van der Waals surface area contributed by atoms with Gasteiger partial charge in [0.2, 0.25) is 0 Å². The number of carbonyl (C=O) groups excluding carboxylic acids is 1. The molecule has 2 nitrogen and oxygen atoms in total. The molecule has 0 saturated carbocycles. The highest BCUT2D eigenvalue weighted by Gasteiger charge is 2.16. The Morgan fingerprint density at radius 2 is 1.73 bits per heavy atom. The van der Waals surface area contributed by atoms with Crippen molar-refractivity contribution in [3.63, 3.8) is 0 Å². The fourth-order valence-corrected chi connectivity index (χ4v) is 2.15. The number of benzene rings is 1. The molecule has 1 fully saturated rings. The summed E-state index contributed by atoms with van der Waals surface area (Å²) >= 11 is 0. The molecule has 1 aromatic carbocycles. The molecule has 0 unspecified atom stereocenters. The molecule has 0 atom stereocenters. The molecule has 1 aromatic rings. The van der Waals surface area contributed by atoms with Crippen LogP contribution in [0.2, 0.25) is 0 Å². The summed E-state index contributed by atoms with van der Waals surface area (Å²) in [5.74, 6) is 0. The van der Waals surface area contributed by atoms with Crippen LogP contribution in [-0.4, -0.2) is 19.4 Å². The van der Waals surface area contributed by atoms with Gasteiger partial charge in [0.15, 0.2) is 6.29 Å². The van der Waals surface area contributed by atoms with Gasteiger partial charge in [0.1, 0.15) is 0 Å². The quantitative estimate of drug-likeness (QED) is 0.689. The Kier molecular flexibility index (Phi) is 2.76. The lowest BCUT2D eigenvalue weighted by Gasteiger charge is -2.20. The van der Waals surface area contributed by atoms with Crippen LogP contribution < -0.4 is 4.90 Å². The number of anilines is 1. The zero-order valence-corrected chi connectivity index (χ0v) is 9.42. The molecule has 2 heteroatoms. The first kappa shape index (κ1) is 10.2. The van der Waals surface area contributed by atoms with Crippen molar-refractivity contribution in [1.29, 1.82) is 0 Å². The molecule has 1 aliphatic heterocycles. The molecule has 0 aromatic heterocycles. The van der Waals surface area contributed by atoms with Crippen molar-refractivity contribution in [2.24, 2.45) is 0 Å². The van der Waals surface area contributed by atoms with Crippen LogP contribution in [0.5, 0.6) is 0 Å². The first-order valence-electron chi connectivity index (χ1n) is 5.54. The van der Waals surface area contributed by atoms with E-state index in [9.17, 15) is 4.79 Å². The number of aldehydes is 1. The topological polar surface area (TPSA) is 20.3 Å². The van der Waals surface area contributed by atoms with Gasteiger partial charge in [-0.3, -0.25) is 4.79 Å². The minimum atomic E-state index is 0.833. The second-order valence-corrected chi connectivity index (χ2v) is 4.31. The summed E-state index contributed by atoms with van der Waals surface area (Å²) < 4.78 is 0. The third kappa shape index (κ3) is 1.89. The van der Waals surface area contributed by atoms with Crippen molar-refractivity contribution in [1.82, 2.24) is 0 Å². The van der Waals surface area contributed by atoms with E-state index in [-0.39, 0.29) is 0 Å². The van der Waals surface area contributed by atoms with Gasteiger partial charge in [0.25, 0.3) is 0 Å². The van der Waals surface area contributed by atoms with Gasteiger partial charge < -0.3 is 4.90 Å². The standard InChI is InChI=1S/C13H17NO/c1-10-7-12(9-15)13(8-11(10)2)14-5-3-4-6-14/h7-9H,3-6H2,1-2H3. The Morgan fingerprint density at radius 1 is 1.13 bits per heavy atom. The van der Waals surface area contributed by atoms with Crippen molar-refractivity contribution in [2.75, 3.05) is 18.0 Å². The lowest BCUT2D eigenvalue weighted by atomic mass is 10.0. The SMILES string of the molecule is Cc1cc(C=O)c(N2CCCC2)cc1C. The summed E-state index contributed by atoms with van der Waals surface area (Å²) in [5, 5.41) is 0. The van der Waals surface area contributed by atoms with Gasteiger partial charge in [-0.25, -0.2) is 0 Å². The van der Waals surface area contributed by atoms with E-state index in [4.69, 9.17) is 0 Å². The zero-order chi connectivity index (χ0) is 10.8. The average molecular weight is 203 g/mol. The Balaban J connectivity index is 2.43. The van der Waals surface area contributed by atoms with Crippen molar-refractivity contribution < 1.29 is 4.79 Å². The van der Waals surface area contributed by atoms with Crippen LogP contribution in [0.4, 0.5) is 5.69 Å². The minimum Gasteiger partial charge on any atom is -0.371 e. The lowest BCUT2D eigenvalue weighted by molar-refractivity contribution is 0.112. The smallest absolute Gasteiger partial charge is 0.152 e. The normalized spacial score (nSPS) is 15.7. The number of carbonyl (C=O) groups is 1. The molecule has 2 rings (SSSR count). The molecule has 15 heavy (non-hydrogen) atoms. The molecule has 0 amide bonds. The summed E-state index contributed by atoms with van der Waals surface area (Å²) in [5.41, 5.74) is 4.41. The van der Waals surface area contributed by atoms with E-state index in [2.05, 4.69) is 24.8 Å². The molecule has 1 aliphatic rings. The summed E-state index contributed by atoms with van der Waals surface area (Å²) in [7, 11) is 0. The highest BCUT2D eigenvalue weighted by molar-refractivity contribution is 5.85. The van der Waals surface area contributed by atoms with Crippen molar-refractivity contribution in [3.05, 3.63) is 28.8 Å². The first-order chi connectivity index (χ1) is 7.22. The predicted molar refractivity (Wildman–Crippen MR) is 62.8 cm³/mol. The van der Waals surface area contributed by atoms with Gasteiger partial charge in [-0.05, 0) is 49.9 Å². The Labute approximate surface area is 90.9 Å². The van der Waals surface area contributed by atoms with Crippen molar-refractivity contribution in [2.45, 2.75) is 26.7 Å². The molecule has 80 valence electrons. The fourth-order valence-electron chi connectivity index (χ4n) is 2.15. The van der Waals surface area contributed by atoms with Gasteiger partial charge >= 0.3 is 0 Å². The van der Waals surface area contributed by atoms with E-state index in [1.165, 1.54) is 24.0 Å². The number of rotatable bonds is 2. The van der Waals surface area contributed by atoms with Crippen LogP contribution in [0, 0.1) is 13.8 Å². The molecule has 1 saturated heterocycles. The second-order valence-electron chi connectivity index (χ2n) is 4.31. The highest BCUT2D eigenvalue weighted by Crippen LogP contribution is 2.26. The van der Waals surface area contributed by atoms with Crippen LogP contribution in [0.1, 0.15) is 34.3 Å². The second kappa shape index (κ2) is 4.05. The van der Waals surface area contributed by atoms with Crippen LogP contribution in [0.3, 0.4) is 0 Å². The van der Waals surface area contributed by atoms with E-state index < -0.39 is 0 Å². The van der Waals surface area contributed by atoms with Crippen LogP contribution in [-0.2, 0) is 0 Å². The van der Waals surface area contributed by atoms with Gasteiger partial charge in [0, 0.05) is 24.3 Å². The third-order valence-electron chi connectivity index (χ3n) is 3.22. The molecule has 0 bridgehead atoms. The van der Waals surface area contributed by atoms with Crippen molar-refractivity contribution >= 4 is 12.0 Å². The highest BCUT2D eigenvalue weighted by atomic mass is 16.1. The summed E-state index contributed by atoms with van der Waals surface area (Å²) in [4.78, 5) is 13.3. The van der Waals surface area contributed by atoms with Gasteiger partial charge in [0.05, 0.1) is 0 Å². The Hall–Kier alpha value is -1.31. The summed E-state index contributed by atoms with van der Waals surface area (Å²) in [6, 6.07) is 4.14. The molecule has 0 aliphatic carbocycles. The lowest BCUT2D eigenvalue weighted by Crippen LogP contribution is -2.19. The van der Waals surface area contributed by atoms with E-state index in [0.717, 1.165) is 30.6 Å². The van der Waals surface area contributed by atoms with E-state index in [1.807, 2.05) is 6.07 Å². The first-order valence-corrected chi connectivity index (χ1v) is 5.54. The molecular weight excluding hydrogens is 186 g/mol. The van der Waals surface area contributed by atoms with Crippen molar-refractivity contribution in [3.8, 4) is 0 Å². The minimum absolute atomic E-state index is 0.833. The maximum atomic E-state index is 11.0. The molecular formula is C13H17NO. The van der Waals surface area contributed by atoms with Gasteiger partial charge in [-0.2, -0.15) is 0 Å². The number of hydrogen-bond acceptors (Lipinski definition) is 2. The summed E-state index contributed by atoms with van der Waals surface area (Å²) in [6.07, 6.45) is 3.45. The maximum Gasteiger partial charge on any atom is 0.152 e. The van der Waals surface area contributed by atoms with E-state index >= 15 is 0 Å². The van der Waals surface area contributed by atoms with Crippen LogP contribution >= 0.6 is 0 Å². The fraction of sp³-hybridized carbons (Fsp3) is 0.462. The molecule has 1 heterocycles. The van der Waals surface area contributed by atoms with Gasteiger partial charge in [-0.1, -0.05) is 0 Å². The zero-order valence-electron chi connectivity index (χ0n) is 9.42. The van der Waals surface area contributed by atoms with E-state index in [0.29, 0.717) is 0 Å². The number of nitrogens with zero attached hydrogens (tertiary/aromatic N) is 1. The Morgan fingerprint density at radius 3 is 2.33 bits per heavy atom. The predicted octanol–water partition coefficient (Wildman–Crippen LogP) is 2.72. The number of aryl methyl sites for hydroxylation is 2. The van der Waals surface area contributed by atoms with Gasteiger partial charge in [-0.15, -0.1) is 0 Å². The monoisotopic (exact) mass is 203 g/mol. The Bertz CT molecular complexity index is 378. The van der Waals surface area contributed by atoms with E-state index in [1.54, 1.807) is 0 Å². The van der Waals surface area contributed by atoms with Crippen LogP contribution in [0.15, 0.2) is 12.1 Å². The average Bonchev–Trinajstić information content (AvgIpc) is 2.74. The molecule has 0 spiro atoms. The summed E-state index contributed by atoms with van der Waals surface area (Å²) in [6.45, 7) is 6.33. The molecule has 0 N–H and O–H groups in total. The van der Waals surface area contributed by atoms with Crippen LogP contribution in [0.25, 0.3) is 0 Å². The largest absolute Gasteiger partial charge is 0.371 e. The third-order valence-corrected chi connectivity index (χ3v) is 3.22.